The van der Waals surface area contributed by atoms with Crippen LogP contribution in [0.5, 0.6) is 5.75 Å². The van der Waals surface area contributed by atoms with Gasteiger partial charge in [0.05, 0.1) is 13.2 Å². The van der Waals surface area contributed by atoms with Crippen LogP contribution in [0.3, 0.4) is 0 Å². The molecule has 2 unspecified atom stereocenters. The topological polar surface area (TPSA) is 29.5 Å². The van der Waals surface area contributed by atoms with E-state index in [1.165, 1.54) is 0 Å². The lowest BCUT2D eigenvalue weighted by Crippen LogP contribution is -2.13. The number of hydrogen-bond donors (Lipinski definition) is 1. The highest BCUT2D eigenvalue weighted by Gasteiger charge is 2.26. The molecule has 15 heavy (non-hydrogen) atoms. The van der Waals surface area contributed by atoms with Crippen LogP contribution in [0, 0.1) is 0 Å². The zero-order valence-corrected chi connectivity index (χ0v) is 9.71. The predicted octanol–water partition coefficient (Wildman–Crippen LogP) is 3.28. The molecule has 1 aliphatic rings. The van der Waals surface area contributed by atoms with E-state index in [0.29, 0.717) is 16.7 Å². The van der Waals surface area contributed by atoms with Gasteiger partial charge in [-0.05, 0) is 42.0 Å². The van der Waals surface area contributed by atoms with Crippen LogP contribution in [0.2, 0.25) is 5.02 Å². The van der Waals surface area contributed by atoms with Gasteiger partial charge in [-0.25, -0.2) is 0 Å². The van der Waals surface area contributed by atoms with Gasteiger partial charge in [-0.2, -0.15) is 0 Å². The monoisotopic (exact) mass is 226 g/mol. The Bertz CT molecular complexity index is 376. The van der Waals surface area contributed by atoms with Gasteiger partial charge in [-0.1, -0.05) is 18.5 Å². The van der Waals surface area contributed by atoms with Gasteiger partial charge in [-0.3, -0.25) is 0 Å². The largest absolute Gasteiger partial charge is 0.497 e. The average molecular weight is 227 g/mol. The minimum atomic E-state index is -0.399. The van der Waals surface area contributed by atoms with Crippen molar-refractivity contribution < 1.29 is 9.84 Å². The lowest BCUT2D eigenvalue weighted by molar-refractivity contribution is 0.151. The molecule has 2 rings (SSSR count). The summed E-state index contributed by atoms with van der Waals surface area (Å²) in [7, 11) is 1.61. The van der Waals surface area contributed by atoms with E-state index in [1.807, 2.05) is 12.1 Å². The van der Waals surface area contributed by atoms with Crippen LogP contribution in [-0.2, 0) is 0 Å². The number of halogens is 1. The molecule has 82 valence electrons. The molecule has 1 aliphatic carbocycles. The van der Waals surface area contributed by atoms with Crippen LogP contribution < -0.4 is 4.74 Å². The van der Waals surface area contributed by atoms with Crippen molar-refractivity contribution in [3.63, 3.8) is 0 Å². The summed E-state index contributed by atoms with van der Waals surface area (Å²) in [6.45, 7) is 2.14. The number of ether oxygens (including phenoxy) is 1. The Morgan fingerprint density at radius 1 is 1.40 bits per heavy atom. The maximum absolute atomic E-state index is 9.91. The number of methoxy groups -OCH3 is 1. The molecule has 0 heterocycles. The summed E-state index contributed by atoms with van der Waals surface area (Å²) >= 11 is 6.20. The maximum Gasteiger partial charge on any atom is 0.120 e. The smallest absolute Gasteiger partial charge is 0.120 e. The molecular weight excluding hydrogens is 212 g/mol. The second kappa shape index (κ2) is 4.03. The van der Waals surface area contributed by atoms with Crippen LogP contribution in [0.25, 0.3) is 0 Å². The molecule has 0 aromatic heterocycles. The van der Waals surface area contributed by atoms with Crippen LogP contribution in [-0.4, -0.2) is 12.2 Å². The molecule has 0 fully saturated rings. The summed E-state index contributed by atoms with van der Waals surface area (Å²) in [4.78, 5) is 0. The molecule has 1 aromatic rings. The molecule has 1 N–H and O–H groups in total. The second-order valence-electron chi connectivity index (χ2n) is 4.11. The molecule has 1 aromatic carbocycles. The summed E-state index contributed by atoms with van der Waals surface area (Å²) in [6.07, 6.45) is 1.39. The number of hydrogen-bond acceptors (Lipinski definition) is 2. The number of rotatable bonds is 1. The minimum Gasteiger partial charge on any atom is -0.497 e. The van der Waals surface area contributed by atoms with Gasteiger partial charge >= 0.3 is 0 Å². The van der Waals surface area contributed by atoms with E-state index in [0.717, 1.165) is 24.0 Å². The molecule has 0 bridgehead atoms. The van der Waals surface area contributed by atoms with Crippen LogP contribution >= 0.6 is 11.6 Å². The zero-order valence-electron chi connectivity index (χ0n) is 8.96. The molecule has 0 spiro atoms. The lowest BCUT2D eigenvalue weighted by Gasteiger charge is -2.28. The Balaban J connectivity index is 2.56. The Kier molecular flexibility index (Phi) is 2.89. The molecule has 0 radical (unpaired) electrons. The van der Waals surface area contributed by atoms with E-state index in [-0.39, 0.29) is 0 Å². The molecule has 2 atom stereocenters. The molecule has 2 nitrogen and oxygen atoms in total. The third-order valence-corrected chi connectivity index (χ3v) is 3.41. The van der Waals surface area contributed by atoms with Crippen molar-refractivity contribution in [3.8, 4) is 5.75 Å². The highest BCUT2D eigenvalue weighted by Crippen LogP contribution is 2.42. The van der Waals surface area contributed by atoms with Gasteiger partial charge < -0.3 is 9.84 Å². The Labute approximate surface area is 94.8 Å². The first-order valence-electron chi connectivity index (χ1n) is 5.19. The van der Waals surface area contributed by atoms with E-state index in [1.54, 1.807) is 7.11 Å². The fourth-order valence-electron chi connectivity index (χ4n) is 2.23. The third-order valence-electron chi connectivity index (χ3n) is 3.10. The maximum atomic E-state index is 9.91. The van der Waals surface area contributed by atoms with Crippen LogP contribution in [0.15, 0.2) is 12.1 Å². The molecule has 0 saturated heterocycles. The second-order valence-corrected chi connectivity index (χ2v) is 4.51. The van der Waals surface area contributed by atoms with Crippen molar-refractivity contribution in [1.82, 2.24) is 0 Å². The molecule has 0 saturated carbocycles. The van der Waals surface area contributed by atoms with Crippen molar-refractivity contribution in [3.05, 3.63) is 28.3 Å². The van der Waals surface area contributed by atoms with Crippen molar-refractivity contribution >= 4 is 11.6 Å². The van der Waals surface area contributed by atoms with E-state index >= 15 is 0 Å². The molecule has 3 heteroatoms. The van der Waals surface area contributed by atoms with E-state index in [9.17, 15) is 5.11 Å². The molecule has 0 aliphatic heterocycles. The summed E-state index contributed by atoms with van der Waals surface area (Å²) < 4.78 is 5.15. The van der Waals surface area contributed by atoms with Gasteiger partial charge in [0.2, 0.25) is 0 Å². The predicted molar refractivity (Wildman–Crippen MR) is 60.6 cm³/mol. The highest BCUT2D eigenvalue weighted by atomic mass is 35.5. The van der Waals surface area contributed by atoms with E-state index in [4.69, 9.17) is 16.3 Å². The Hall–Kier alpha value is -0.730. The van der Waals surface area contributed by atoms with E-state index in [2.05, 4.69) is 6.92 Å². The van der Waals surface area contributed by atoms with Crippen molar-refractivity contribution in [1.29, 1.82) is 0 Å². The number of benzene rings is 1. The van der Waals surface area contributed by atoms with Gasteiger partial charge in [0.1, 0.15) is 5.75 Å². The number of fused-ring (bicyclic) bond motifs is 1. The summed E-state index contributed by atoms with van der Waals surface area (Å²) in [6, 6.07) is 3.70. The number of aliphatic hydroxyl groups is 1. The fourth-order valence-corrected chi connectivity index (χ4v) is 2.64. The Morgan fingerprint density at radius 3 is 2.80 bits per heavy atom. The van der Waals surface area contributed by atoms with Gasteiger partial charge in [0.15, 0.2) is 0 Å². The third kappa shape index (κ3) is 1.84. The summed E-state index contributed by atoms with van der Waals surface area (Å²) in [5.41, 5.74) is 2.01. The van der Waals surface area contributed by atoms with E-state index < -0.39 is 6.10 Å². The normalized spacial score (nSPS) is 24.8. The van der Waals surface area contributed by atoms with Crippen LogP contribution in [0.4, 0.5) is 0 Å². The minimum absolute atomic E-state index is 0.399. The quantitative estimate of drug-likeness (QED) is 0.797. The van der Waals surface area contributed by atoms with Gasteiger partial charge in [0.25, 0.3) is 0 Å². The lowest BCUT2D eigenvalue weighted by atomic mass is 9.82. The first kappa shape index (κ1) is 10.8. The van der Waals surface area contributed by atoms with Crippen molar-refractivity contribution in [2.24, 2.45) is 0 Å². The number of aliphatic hydroxyl groups excluding tert-OH is 1. The van der Waals surface area contributed by atoms with Crippen molar-refractivity contribution in [2.45, 2.75) is 31.8 Å². The Morgan fingerprint density at radius 2 is 2.13 bits per heavy atom. The standard InChI is InChI=1S/C12H15ClO2/c1-7-3-4-11(14)9-5-8(15-2)6-10(13)12(7)9/h5-7,11,14H,3-4H2,1-2H3. The SMILES string of the molecule is COc1cc(Cl)c2c(c1)C(O)CCC2C. The molecular formula is C12H15ClO2. The van der Waals surface area contributed by atoms with Crippen molar-refractivity contribution in [2.75, 3.05) is 7.11 Å². The first-order valence-corrected chi connectivity index (χ1v) is 5.56. The average Bonchev–Trinajstić information content (AvgIpc) is 2.23. The van der Waals surface area contributed by atoms with Gasteiger partial charge in [-0.15, -0.1) is 0 Å². The first-order chi connectivity index (χ1) is 7.13. The summed E-state index contributed by atoms with van der Waals surface area (Å²) in [5.74, 6) is 1.13. The summed E-state index contributed by atoms with van der Waals surface area (Å²) in [5, 5.41) is 10.6. The molecule has 0 amide bonds. The van der Waals surface area contributed by atoms with Crippen LogP contribution in [0.1, 0.15) is 42.9 Å². The highest BCUT2D eigenvalue weighted by molar-refractivity contribution is 6.31. The fraction of sp³-hybridized carbons (Fsp3) is 0.500. The zero-order chi connectivity index (χ0) is 11.0. The van der Waals surface area contributed by atoms with Gasteiger partial charge in [0, 0.05) is 5.02 Å².